The zero-order chi connectivity index (χ0) is 13.8. The number of nitrogens with zero attached hydrogens (tertiary/aromatic N) is 3. The van der Waals surface area contributed by atoms with Crippen molar-refractivity contribution < 1.29 is 0 Å². The maximum Gasteiger partial charge on any atom is 0.160 e. The first-order valence-corrected chi connectivity index (χ1v) is 7.58. The van der Waals surface area contributed by atoms with Crippen LogP contribution in [0, 0.1) is 5.92 Å². The number of fused-ring (bicyclic) bond motifs is 1. The first-order valence-electron chi connectivity index (χ1n) is 7.05. The van der Waals surface area contributed by atoms with Gasteiger partial charge in [-0.2, -0.15) is 0 Å². The summed E-state index contributed by atoms with van der Waals surface area (Å²) in [7, 11) is 0. The van der Waals surface area contributed by atoms with Crippen LogP contribution >= 0.6 is 11.6 Å². The monoisotopic (exact) mass is 279 g/mol. The summed E-state index contributed by atoms with van der Waals surface area (Å²) < 4.78 is 2.27. The van der Waals surface area contributed by atoms with E-state index in [0.29, 0.717) is 17.8 Å². The number of alkyl halides is 1. The standard InChI is InChI=1S/C15H22ClN3/c1-4-11(2)10-12(3)19-14(7-8-16)18-13-6-5-9-17-15(13)19/h5-6,9,11-12H,4,7-8,10H2,1-3H3. The third-order valence-electron chi connectivity index (χ3n) is 3.72. The van der Waals surface area contributed by atoms with Gasteiger partial charge in [-0.15, -0.1) is 11.6 Å². The molecule has 0 bridgehead atoms. The van der Waals surface area contributed by atoms with Crippen molar-refractivity contribution in [2.24, 2.45) is 5.92 Å². The van der Waals surface area contributed by atoms with Gasteiger partial charge < -0.3 is 4.57 Å². The highest BCUT2D eigenvalue weighted by Crippen LogP contribution is 2.25. The Bertz CT molecular complexity index is 535. The van der Waals surface area contributed by atoms with Gasteiger partial charge in [0.2, 0.25) is 0 Å². The lowest BCUT2D eigenvalue weighted by molar-refractivity contribution is 0.396. The molecule has 2 atom stereocenters. The van der Waals surface area contributed by atoms with Crippen LogP contribution in [0.4, 0.5) is 0 Å². The normalized spacial score (nSPS) is 14.7. The van der Waals surface area contributed by atoms with Crippen LogP contribution in [0.25, 0.3) is 11.2 Å². The number of rotatable bonds is 6. The summed E-state index contributed by atoms with van der Waals surface area (Å²) >= 11 is 5.90. The molecule has 2 heterocycles. The number of aryl methyl sites for hydroxylation is 1. The first-order chi connectivity index (χ1) is 9.17. The lowest BCUT2D eigenvalue weighted by Crippen LogP contribution is -2.13. The minimum Gasteiger partial charge on any atom is -0.310 e. The average molecular weight is 280 g/mol. The SMILES string of the molecule is CCC(C)CC(C)n1c(CCCl)nc2cccnc21. The predicted molar refractivity (Wildman–Crippen MR) is 80.7 cm³/mol. The van der Waals surface area contributed by atoms with E-state index in [1.165, 1.54) is 6.42 Å². The summed E-state index contributed by atoms with van der Waals surface area (Å²) in [6.45, 7) is 6.78. The molecule has 0 aliphatic carbocycles. The molecule has 2 unspecified atom stereocenters. The van der Waals surface area contributed by atoms with Crippen LogP contribution in [0.15, 0.2) is 18.3 Å². The average Bonchev–Trinajstić information content (AvgIpc) is 2.76. The number of pyridine rings is 1. The molecule has 2 aromatic heterocycles. The van der Waals surface area contributed by atoms with Crippen molar-refractivity contribution in [2.45, 2.75) is 46.1 Å². The van der Waals surface area contributed by atoms with Crippen LogP contribution in [0.2, 0.25) is 0 Å². The van der Waals surface area contributed by atoms with Gasteiger partial charge in [-0.1, -0.05) is 20.3 Å². The van der Waals surface area contributed by atoms with Crippen LogP contribution < -0.4 is 0 Å². The molecule has 4 heteroatoms. The highest BCUT2D eigenvalue weighted by Gasteiger charge is 2.17. The predicted octanol–water partition coefficient (Wildman–Crippen LogP) is 4.21. The van der Waals surface area contributed by atoms with Crippen molar-refractivity contribution in [3.05, 3.63) is 24.2 Å². The Labute approximate surface area is 120 Å². The number of aromatic nitrogens is 3. The molecule has 0 radical (unpaired) electrons. The minimum atomic E-state index is 0.410. The summed E-state index contributed by atoms with van der Waals surface area (Å²) in [4.78, 5) is 9.17. The Kier molecular flexibility index (Phi) is 4.81. The molecular formula is C15H22ClN3. The lowest BCUT2D eigenvalue weighted by Gasteiger charge is -2.20. The fraction of sp³-hybridized carbons (Fsp3) is 0.600. The lowest BCUT2D eigenvalue weighted by atomic mass is 10.00. The van der Waals surface area contributed by atoms with E-state index in [4.69, 9.17) is 11.6 Å². The molecule has 0 amide bonds. The highest BCUT2D eigenvalue weighted by atomic mass is 35.5. The highest BCUT2D eigenvalue weighted by molar-refractivity contribution is 6.17. The fourth-order valence-corrected chi connectivity index (χ4v) is 2.72. The molecule has 0 fully saturated rings. The molecule has 0 spiro atoms. The van der Waals surface area contributed by atoms with Gasteiger partial charge in [-0.05, 0) is 31.4 Å². The van der Waals surface area contributed by atoms with Gasteiger partial charge in [-0.3, -0.25) is 0 Å². The summed E-state index contributed by atoms with van der Waals surface area (Å²) in [5.41, 5.74) is 1.96. The van der Waals surface area contributed by atoms with Crippen molar-refractivity contribution >= 4 is 22.8 Å². The fourth-order valence-electron chi connectivity index (χ4n) is 2.55. The van der Waals surface area contributed by atoms with Gasteiger partial charge in [0.15, 0.2) is 5.65 Å². The molecule has 0 aromatic carbocycles. The Morgan fingerprint density at radius 2 is 2.16 bits per heavy atom. The molecule has 2 aromatic rings. The second kappa shape index (κ2) is 6.38. The van der Waals surface area contributed by atoms with Crippen molar-refractivity contribution in [1.29, 1.82) is 0 Å². The maximum absolute atomic E-state index is 5.90. The van der Waals surface area contributed by atoms with Crippen molar-refractivity contribution in [1.82, 2.24) is 14.5 Å². The molecule has 2 rings (SSSR count). The van der Waals surface area contributed by atoms with Crippen molar-refractivity contribution in [3.8, 4) is 0 Å². The summed E-state index contributed by atoms with van der Waals surface area (Å²) in [6, 6.07) is 4.36. The van der Waals surface area contributed by atoms with Crippen LogP contribution in [-0.4, -0.2) is 20.4 Å². The molecule has 0 saturated heterocycles. The Hall–Kier alpha value is -1.09. The van der Waals surface area contributed by atoms with Crippen LogP contribution in [0.3, 0.4) is 0 Å². The van der Waals surface area contributed by atoms with Gasteiger partial charge in [0.05, 0.1) is 0 Å². The maximum atomic E-state index is 5.90. The summed E-state index contributed by atoms with van der Waals surface area (Å²) in [5.74, 6) is 2.36. The van der Waals surface area contributed by atoms with E-state index < -0.39 is 0 Å². The van der Waals surface area contributed by atoms with Crippen LogP contribution in [-0.2, 0) is 6.42 Å². The molecule has 104 valence electrons. The van der Waals surface area contributed by atoms with Gasteiger partial charge in [0.1, 0.15) is 11.3 Å². The third kappa shape index (κ3) is 3.08. The van der Waals surface area contributed by atoms with E-state index in [1.54, 1.807) is 0 Å². The second-order valence-corrected chi connectivity index (χ2v) is 5.66. The molecule has 0 aliphatic rings. The van der Waals surface area contributed by atoms with E-state index >= 15 is 0 Å². The van der Waals surface area contributed by atoms with E-state index in [-0.39, 0.29) is 0 Å². The number of imidazole rings is 1. The number of hydrogen-bond donors (Lipinski definition) is 0. The van der Waals surface area contributed by atoms with Crippen molar-refractivity contribution in [3.63, 3.8) is 0 Å². The smallest absolute Gasteiger partial charge is 0.160 e. The Morgan fingerprint density at radius 3 is 2.84 bits per heavy atom. The Balaban J connectivity index is 2.40. The molecule has 0 N–H and O–H groups in total. The van der Waals surface area contributed by atoms with E-state index in [9.17, 15) is 0 Å². The largest absolute Gasteiger partial charge is 0.310 e. The first kappa shape index (κ1) is 14.3. The Morgan fingerprint density at radius 1 is 1.37 bits per heavy atom. The van der Waals surface area contributed by atoms with E-state index in [0.717, 1.165) is 29.8 Å². The molecular weight excluding hydrogens is 258 g/mol. The second-order valence-electron chi connectivity index (χ2n) is 5.28. The zero-order valence-electron chi connectivity index (χ0n) is 11.9. The number of hydrogen-bond acceptors (Lipinski definition) is 2. The van der Waals surface area contributed by atoms with Crippen molar-refractivity contribution in [2.75, 3.05) is 5.88 Å². The van der Waals surface area contributed by atoms with Gasteiger partial charge in [-0.25, -0.2) is 9.97 Å². The number of halogens is 1. The van der Waals surface area contributed by atoms with Crippen LogP contribution in [0.5, 0.6) is 0 Å². The third-order valence-corrected chi connectivity index (χ3v) is 3.91. The minimum absolute atomic E-state index is 0.410. The summed E-state index contributed by atoms with van der Waals surface area (Å²) in [5, 5.41) is 0. The zero-order valence-corrected chi connectivity index (χ0v) is 12.7. The topological polar surface area (TPSA) is 30.7 Å². The molecule has 19 heavy (non-hydrogen) atoms. The van der Waals surface area contributed by atoms with Crippen LogP contribution in [0.1, 0.15) is 45.5 Å². The quantitative estimate of drug-likeness (QED) is 0.742. The molecule has 3 nitrogen and oxygen atoms in total. The van der Waals surface area contributed by atoms with E-state index in [1.807, 2.05) is 18.3 Å². The van der Waals surface area contributed by atoms with Gasteiger partial charge >= 0.3 is 0 Å². The van der Waals surface area contributed by atoms with E-state index in [2.05, 4.69) is 35.3 Å². The molecule has 0 aliphatic heterocycles. The summed E-state index contributed by atoms with van der Waals surface area (Å²) in [6.07, 6.45) is 4.98. The molecule has 0 saturated carbocycles. The van der Waals surface area contributed by atoms with Gasteiger partial charge in [0.25, 0.3) is 0 Å². The van der Waals surface area contributed by atoms with Gasteiger partial charge in [0, 0.05) is 24.5 Å².